The van der Waals surface area contributed by atoms with Crippen LogP contribution in [0, 0.1) is 0 Å². The molecule has 2 unspecified atom stereocenters. The van der Waals surface area contributed by atoms with Crippen molar-refractivity contribution in [1.29, 1.82) is 0 Å². The van der Waals surface area contributed by atoms with Crippen molar-refractivity contribution >= 4 is 5.57 Å². The highest BCUT2D eigenvalue weighted by Crippen LogP contribution is 2.28. The Morgan fingerprint density at radius 2 is 2.21 bits per heavy atom. The van der Waals surface area contributed by atoms with Gasteiger partial charge >= 0.3 is 0 Å². The lowest BCUT2D eigenvalue weighted by Crippen LogP contribution is -2.38. The van der Waals surface area contributed by atoms with Crippen molar-refractivity contribution in [3.8, 4) is 0 Å². The molecule has 0 amide bonds. The number of rotatable bonds is 1. The quantitative estimate of drug-likeness (QED) is 0.678. The molecule has 2 atom stereocenters. The first-order chi connectivity index (χ1) is 6.68. The van der Waals surface area contributed by atoms with E-state index in [-0.39, 0.29) is 0 Å². The van der Waals surface area contributed by atoms with Crippen molar-refractivity contribution in [3.63, 3.8) is 0 Å². The van der Waals surface area contributed by atoms with Crippen molar-refractivity contribution in [2.75, 3.05) is 7.05 Å². The molecule has 0 aromatic carbocycles. The van der Waals surface area contributed by atoms with Gasteiger partial charge in [-0.15, -0.1) is 0 Å². The van der Waals surface area contributed by atoms with E-state index in [1.165, 1.54) is 5.57 Å². The van der Waals surface area contributed by atoms with E-state index in [0.29, 0.717) is 12.1 Å². The zero-order chi connectivity index (χ0) is 10.1. The molecule has 2 heterocycles. The zero-order valence-electron chi connectivity index (χ0n) is 9.03. The minimum Gasteiger partial charge on any atom is -0.465 e. The third-order valence-corrected chi connectivity index (χ3v) is 3.13. The van der Waals surface area contributed by atoms with E-state index in [4.69, 9.17) is 4.42 Å². The standard InChI is InChI=1S/C12H17NO/c1-9-7-11(8-10(2)13(9)3)12-5-4-6-14-12/h4-7,9-10H,8H2,1-3H3. The van der Waals surface area contributed by atoms with Crippen LogP contribution in [0.1, 0.15) is 26.0 Å². The van der Waals surface area contributed by atoms with Gasteiger partial charge in [-0.25, -0.2) is 0 Å². The van der Waals surface area contributed by atoms with Gasteiger partial charge in [0, 0.05) is 12.1 Å². The fourth-order valence-corrected chi connectivity index (χ4v) is 1.98. The second-order valence-corrected chi connectivity index (χ2v) is 4.13. The summed E-state index contributed by atoms with van der Waals surface area (Å²) in [6.07, 6.45) is 5.11. The first kappa shape index (κ1) is 9.53. The van der Waals surface area contributed by atoms with Gasteiger partial charge in [0.05, 0.1) is 6.26 Å². The van der Waals surface area contributed by atoms with Gasteiger partial charge in [0.15, 0.2) is 0 Å². The number of likely N-dealkylation sites (N-methyl/N-ethyl adjacent to an activating group) is 1. The summed E-state index contributed by atoms with van der Waals surface area (Å²) in [7, 11) is 2.17. The molecule has 1 aromatic heterocycles. The maximum absolute atomic E-state index is 5.42. The predicted octanol–water partition coefficient (Wildman–Crippen LogP) is 2.78. The number of furan rings is 1. The molecule has 1 aliphatic rings. The molecule has 0 spiro atoms. The molecule has 0 saturated carbocycles. The Kier molecular flexibility index (Phi) is 2.46. The van der Waals surface area contributed by atoms with E-state index >= 15 is 0 Å². The Bertz CT molecular complexity index is 326. The first-order valence-corrected chi connectivity index (χ1v) is 5.15. The average molecular weight is 191 g/mol. The van der Waals surface area contributed by atoms with E-state index in [0.717, 1.165) is 12.2 Å². The van der Waals surface area contributed by atoms with Gasteiger partial charge < -0.3 is 4.42 Å². The van der Waals surface area contributed by atoms with Crippen LogP contribution in [0.15, 0.2) is 28.9 Å². The lowest BCUT2D eigenvalue weighted by molar-refractivity contribution is 0.219. The van der Waals surface area contributed by atoms with Crippen molar-refractivity contribution in [2.24, 2.45) is 0 Å². The lowest BCUT2D eigenvalue weighted by Gasteiger charge is -2.34. The summed E-state index contributed by atoms with van der Waals surface area (Å²) >= 11 is 0. The van der Waals surface area contributed by atoms with Crippen LogP contribution in [0.25, 0.3) is 5.57 Å². The second kappa shape index (κ2) is 3.62. The van der Waals surface area contributed by atoms with Gasteiger partial charge in [-0.2, -0.15) is 0 Å². The molecule has 1 aromatic rings. The summed E-state index contributed by atoms with van der Waals surface area (Å²) in [5.41, 5.74) is 1.34. The molecule has 2 rings (SSSR count). The molecule has 2 heteroatoms. The summed E-state index contributed by atoms with van der Waals surface area (Å²) in [5.74, 6) is 1.02. The SMILES string of the molecule is CC1C=C(c2ccco2)CC(C)N1C. The monoisotopic (exact) mass is 191 g/mol. The third kappa shape index (κ3) is 1.62. The fourth-order valence-electron chi connectivity index (χ4n) is 1.98. The van der Waals surface area contributed by atoms with Crippen LogP contribution in [0.2, 0.25) is 0 Å². The highest BCUT2D eigenvalue weighted by Gasteiger charge is 2.22. The van der Waals surface area contributed by atoms with Crippen molar-refractivity contribution in [3.05, 3.63) is 30.2 Å². The fraction of sp³-hybridized carbons (Fsp3) is 0.500. The van der Waals surface area contributed by atoms with Gasteiger partial charge in [0.25, 0.3) is 0 Å². The highest BCUT2D eigenvalue weighted by atomic mass is 16.3. The normalized spacial score (nSPS) is 28.9. The Balaban J connectivity index is 2.26. The first-order valence-electron chi connectivity index (χ1n) is 5.15. The third-order valence-electron chi connectivity index (χ3n) is 3.13. The van der Waals surface area contributed by atoms with Crippen LogP contribution >= 0.6 is 0 Å². The summed E-state index contributed by atoms with van der Waals surface area (Å²) in [5, 5.41) is 0. The number of hydrogen-bond donors (Lipinski definition) is 0. The van der Waals surface area contributed by atoms with E-state index in [2.05, 4.69) is 31.9 Å². The molecule has 0 N–H and O–H groups in total. The van der Waals surface area contributed by atoms with E-state index in [1.54, 1.807) is 6.26 Å². The van der Waals surface area contributed by atoms with E-state index in [9.17, 15) is 0 Å². The van der Waals surface area contributed by atoms with E-state index < -0.39 is 0 Å². The van der Waals surface area contributed by atoms with Gasteiger partial charge in [-0.3, -0.25) is 4.90 Å². The number of hydrogen-bond acceptors (Lipinski definition) is 2. The number of nitrogens with zero attached hydrogens (tertiary/aromatic N) is 1. The Morgan fingerprint density at radius 1 is 1.43 bits per heavy atom. The van der Waals surface area contributed by atoms with Crippen molar-refractivity contribution in [2.45, 2.75) is 32.4 Å². The molecule has 0 saturated heterocycles. The molecule has 0 radical (unpaired) electrons. The molecule has 76 valence electrons. The average Bonchev–Trinajstić information content (AvgIpc) is 2.66. The molecule has 0 bridgehead atoms. The summed E-state index contributed by atoms with van der Waals surface area (Å²) in [4.78, 5) is 2.38. The van der Waals surface area contributed by atoms with E-state index in [1.807, 2.05) is 12.1 Å². The van der Waals surface area contributed by atoms with Crippen LogP contribution in [-0.2, 0) is 0 Å². The molecular weight excluding hydrogens is 174 g/mol. The molecule has 1 aliphatic heterocycles. The van der Waals surface area contributed by atoms with Gasteiger partial charge in [-0.1, -0.05) is 6.08 Å². The van der Waals surface area contributed by atoms with Crippen LogP contribution in [-0.4, -0.2) is 24.0 Å². The summed E-state index contributed by atoms with van der Waals surface area (Å²) in [6, 6.07) is 5.08. The smallest absolute Gasteiger partial charge is 0.129 e. The van der Waals surface area contributed by atoms with Crippen LogP contribution in [0.3, 0.4) is 0 Å². The maximum Gasteiger partial charge on any atom is 0.129 e. The summed E-state index contributed by atoms with van der Waals surface area (Å²) in [6.45, 7) is 4.48. The largest absolute Gasteiger partial charge is 0.465 e. The van der Waals surface area contributed by atoms with Gasteiger partial charge in [0.1, 0.15) is 5.76 Å². The minimum absolute atomic E-state index is 0.499. The van der Waals surface area contributed by atoms with Gasteiger partial charge in [-0.05, 0) is 45.0 Å². The Labute approximate surface area is 85.2 Å². The molecule has 2 nitrogen and oxygen atoms in total. The second-order valence-electron chi connectivity index (χ2n) is 4.13. The highest BCUT2D eigenvalue weighted by molar-refractivity contribution is 5.63. The maximum atomic E-state index is 5.42. The topological polar surface area (TPSA) is 16.4 Å². The van der Waals surface area contributed by atoms with Crippen LogP contribution in [0.4, 0.5) is 0 Å². The Morgan fingerprint density at radius 3 is 2.79 bits per heavy atom. The lowest BCUT2D eigenvalue weighted by atomic mass is 9.96. The van der Waals surface area contributed by atoms with Crippen LogP contribution in [0.5, 0.6) is 0 Å². The Hall–Kier alpha value is -1.02. The van der Waals surface area contributed by atoms with Crippen molar-refractivity contribution in [1.82, 2.24) is 4.90 Å². The molecule has 14 heavy (non-hydrogen) atoms. The molecule has 0 aliphatic carbocycles. The van der Waals surface area contributed by atoms with Crippen LogP contribution < -0.4 is 0 Å². The predicted molar refractivity (Wildman–Crippen MR) is 58.0 cm³/mol. The molecular formula is C12H17NO. The molecule has 0 fully saturated rings. The minimum atomic E-state index is 0.499. The zero-order valence-corrected chi connectivity index (χ0v) is 9.03. The van der Waals surface area contributed by atoms with Gasteiger partial charge in [0.2, 0.25) is 0 Å². The van der Waals surface area contributed by atoms with Crippen molar-refractivity contribution < 1.29 is 4.42 Å². The summed E-state index contributed by atoms with van der Waals surface area (Å²) < 4.78 is 5.42.